The van der Waals surface area contributed by atoms with Crippen LogP contribution in [0, 0.1) is 17.3 Å². The molecule has 1 aliphatic heterocycles. The van der Waals surface area contributed by atoms with E-state index in [1.54, 1.807) is 0 Å². The zero-order valence-electron chi connectivity index (χ0n) is 29.3. The Kier molecular flexibility index (Phi) is 17.2. The van der Waals surface area contributed by atoms with Gasteiger partial charge in [-0.1, -0.05) is 56.0 Å². The number of anilines is 1. The van der Waals surface area contributed by atoms with E-state index in [1.807, 2.05) is 48.8 Å². The molecule has 1 saturated heterocycles. The SMILES string of the molecule is CN(CCCCCCCNC(=NCCCOc1cccc(CN2CCCCC2)c1)NC#N)CCN(Cc1ccc(F)cc1)c1ccccn1. The Morgan fingerprint density at radius 1 is 0.918 bits per heavy atom. The van der Waals surface area contributed by atoms with Crippen LogP contribution in [0.5, 0.6) is 5.75 Å². The summed E-state index contributed by atoms with van der Waals surface area (Å²) in [5.74, 6) is 2.16. The number of likely N-dealkylation sites (N-methyl/N-ethyl adjacent to an activating group) is 1. The lowest BCUT2D eigenvalue weighted by atomic mass is 10.1. The number of nitrogens with one attached hydrogen (secondary N) is 2. The molecule has 0 unspecified atom stereocenters. The number of ether oxygens (including phenoxy) is 1. The molecule has 49 heavy (non-hydrogen) atoms. The Balaban J connectivity index is 1.04. The number of hydrogen-bond acceptors (Lipinski definition) is 7. The van der Waals surface area contributed by atoms with Gasteiger partial charge in [-0.2, -0.15) is 5.26 Å². The van der Waals surface area contributed by atoms with E-state index in [1.165, 1.54) is 62.9 Å². The number of benzene rings is 2. The van der Waals surface area contributed by atoms with Gasteiger partial charge in [0, 0.05) is 51.9 Å². The Morgan fingerprint density at radius 3 is 2.53 bits per heavy atom. The maximum absolute atomic E-state index is 13.4. The van der Waals surface area contributed by atoms with Crippen molar-refractivity contribution in [3.8, 4) is 11.9 Å². The van der Waals surface area contributed by atoms with Crippen molar-refractivity contribution in [1.82, 2.24) is 25.4 Å². The van der Waals surface area contributed by atoms with E-state index < -0.39 is 0 Å². The molecular formula is C39H55FN8O. The number of nitrogens with zero attached hydrogens (tertiary/aromatic N) is 6. The third-order valence-electron chi connectivity index (χ3n) is 8.79. The number of halogens is 1. The van der Waals surface area contributed by atoms with Crippen molar-refractivity contribution < 1.29 is 9.13 Å². The summed E-state index contributed by atoms with van der Waals surface area (Å²) in [7, 11) is 2.17. The molecule has 0 atom stereocenters. The van der Waals surface area contributed by atoms with Crippen LogP contribution in [0.25, 0.3) is 0 Å². The van der Waals surface area contributed by atoms with Crippen LogP contribution in [0.2, 0.25) is 0 Å². The monoisotopic (exact) mass is 670 g/mol. The Morgan fingerprint density at radius 2 is 1.73 bits per heavy atom. The van der Waals surface area contributed by atoms with Gasteiger partial charge in [0.05, 0.1) is 6.61 Å². The number of nitriles is 1. The molecule has 1 fully saturated rings. The molecular weight excluding hydrogens is 615 g/mol. The van der Waals surface area contributed by atoms with Crippen LogP contribution < -0.4 is 20.3 Å². The standard InChI is InChI=1S/C39H55FN8O/c1-46(27-28-48(38-16-6-8-21-42-38)32-34-17-19-36(40)20-18-34)24-9-4-2-3-7-22-43-39(45-33-41)44-23-13-29-49-37-15-12-14-35(30-37)31-47-25-10-5-11-26-47/h6,8,12,14-21,30H,2-5,7,9-11,13,22-29,31-32H2,1H3,(H2,43,44,45). The minimum atomic E-state index is -0.216. The summed E-state index contributed by atoms with van der Waals surface area (Å²) in [5, 5.41) is 15.1. The lowest BCUT2D eigenvalue weighted by molar-refractivity contribution is 0.220. The molecule has 0 saturated carbocycles. The van der Waals surface area contributed by atoms with E-state index in [0.29, 0.717) is 25.7 Å². The quantitative estimate of drug-likeness (QED) is 0.0432. The number of unbranched alkanes of at least 4 members (excludes halogenated alkanes) is 4. The summed E-state index contributed by atoms with van der Waals surface area (Å²) in [6, 6.07) is 21.1. The highest BCUT2D eigenvalue weighted by molar-refractivity contribution is 5.81. The molecule has 9 nitrogen and oxygen atoms in total. The molecule has 2 aromatic carbocycles. The predicted octanol–water partition coefficient (Wildman–Crippen LogP) is 6.58. The van der Waals surface area contributed by atoms with Gasteiger partial charge >= 0.3 is 0 Å². The van der Waals surface area contributed by atoms with Gasteiger partial charge in [0.2, 0.25) is 5.96 Å². The normalized spacial score (nSPS) is 13.6. The molecule has 1 aliphatic rings. The van der Waals surface area contributed by atoms with Gasteiger partial charge in [0.15, 0.2) is 6.19 Å². The molecule has 4 rings (SSSR count). The lowest BCUT2D eigenvalue weighted by Crippen LogP contribution is -2.35. The van der Waals surface area contributed by atoms with Crippen molar-refractivity contribution in [3.63, 3.8) is 0 Å². The van der Waals surface area contributed by atoms with Crippen molar-refractivity contribution in [1.29, 1.82) is 5.26 Å². The average Bonchev–Trinajstić information content (AvgIpc) is 3.12. The Labute approximate surface area is 293 Å². The van der Waals surface area contributed by atoms with Gasteiger partial charge in [-0.3, -0.25) is 15.2 Å². The van der Waals surface area contributed by atoms with Gasteiger partial charge in [-0.25, -0.2) is 9.37 Å². The number of guanidine groups is 1. The maximum atomic E-state index is 13.4. The minimum Gasteiger partial charge on any atom is -0.494 e. The van der Waals surface area contributed by atoms with Crippen LogP contribution in [0.1, 0.15) is 68.9 Å². The van der Waals surface area contributed by atoms with Gasteiger partial charge in [0.1, 0.15) is 17.4 Å². The van der Waals surface area contributed by atoms with Crippen LogP contribution in [-0.2, 0) is 13.1 Å². The molecule has 2 heterocycles. The fourth-order valence-electron chi connectivity index (χ4n) is 6.02. The largest absolute Gasteiger partial charge is 0.494 e. The molecule has 10 heteroatoms. The van der Waals surface area contributed by atoms with E-state index in [9.17, 15) is 4.39 Å². The second-order valence-electron chi connectivity index (χ2n) is 12.9. The van der Waals surface area contributed by atoms with Crippen molar-refractivity contribution in [2.24, 2.45) is 4.99 Å². The van der Waals surface area contributed by atoms with E-state index in [4.69, 9.17) is 10.00 Å². The molecule has 0 bridgehead atoms. The van der Waals surface area contributed by atoms with Crippen molar-refractivity contribution in [3.05, 3.63) is 89.9 Å². The summed E-state index contributed by atoms with van der Waals surface area (Å²) >= 11 is 0. The fraction of sp³-hybridized carbons (Fsp3) is 0.513. The molecule has 1 aromatic heterocycles. The molecule has 3 aromatic rings. The minimum absolute atomic E-state index is 0.216. The number of likely N-dealkylation sites (tertiary alicyclic amines) is 1. The number of pyridine rings is 1. The first-order valence-corrected chi connectivity index (χ1v) is 18.1. The van der Waals surface area contributed by atoms with Crippen molar-refractivity contribution in [2.75, 3.05) is 64.4 Å². The van der Waals surface area contributed by atoms with E-state index in [-0.39, 0.29) is 5.82 Å². The number of piperidine rings is 1. The second-order valence-corrected chi connectivity index (χ2v) is 12.9. The summed E-state index contributed by atoms with van der Waals surface area (Å²) < 4.78 is 19.4. The van der Waals surface area contributed by atoms with Crippen molar-refractivity contribution >= 4 is 11.8 Å². The highest BCUT2D eigenvalue weighted by atomic mass is 19.1. The van der Waals surface area contributed by atoms with Gasteiger partial charge < -0.3 is 19.9 Å². The average molecular weight is 671 g/mol. The predicted molar refractivity (Wildman–Crippen MR) is 197 cm³/mol. The number of rotatable bonds is 21. The third kappa shape index (κ3) is 15.3. The van der Waals surface area contributed by atoms with Crippen LogP contribution in [-0.4, -0.2) is 80.2 Å². The first-order chi connectivity index (χ1) is 24.1. The molecule has 0 radical (unpaired) electrons. The number of aliphatic imine (C=N–C) groups is 1. The highest BCUT2D eigenvalue weighted by Crippen LogP contribution is 2.18. The molecule has 0 spiro atoms. The Bertz CT molecular complexity index is 1390. The maximum Gasteiger partial charge on any atom is 0.204 e. The van der Waals surface area contributed by atoms with E-state index in [0.717, 1.165) is 75.5 Å². The van der Waals surface area contributed by atoms with E-state index >= 15 is 0 Å². The topological polar surface area (TPSA) is 92.0 Å². The first kappa shape index (κ1) is 37.6. The molecule has 0 amide bonds. The Hall–Kier alpha value is -4.20. The second kappa shape index (κ2) is 22.4. The summed E-state index contributed by atoms with van der Waals surface area (Å²) in [5.41, 5.74) is 2.37. The van der Waals surface area contributed by atoms with Gasteiger partial charge in [-0.15, -0.1) is 0 Å². The molecule has 0 aliphatic carbocycles. The number of aromatic nitrogens is 1. The summed E-state index contributed by atoms with van der Waals surface area (Å²) in [6.45, 7) is 8.82. The molecule has 264 valence electrons. The zero-order valence-corrected chi connectivity index (χ0v) is 29.3. The first-order valence-electron chi connectivity index (χ1n) is 18.1. The van der Waals surface area contributed by atoms with Crippen LogP contribution >= 0.6 is 0 Å². The van der Waals surface area contributed by atoms with Gasteiger partial charge in [0.25, 0.3) is 0 Å². The molecule has 2 N–H and O–H groups in total. The van der Waals surface area contributed by atoms with Crippen LogP contribution in [0.3, 0.4) is 0 Å². The summed E-state index contributed by atoms with van der Waals surface area (Å²) in [6.07, 6.45) is 14.2. The smallest absolute Gasteiger partial charge is 0.204 e. The van der Waals surface area contributed by atoms with Crippen LogP contribution in [0.4, 0.5) is 10.2 Å². The van der Waals surface area contributed by atoms with E-state index in [2.05, 4.69) is 60.6 Å². The van der Waals surface area contributed by atoms with Gasteiger partial charge in [-0.05, 0) is 99.9 Å². The highest BCUT2D eigenvalue weighted by Gasteiger charge is 2.12. The lowest BCUT2D eigenvalue weighted by Gasteiger charge is -2.27. The third-order valence-corrected chi connectivity index (χ3v) is 8.79. The zero-order chi connectivity index (χ0) is 34.4. The van der Waals surface area contributed by atoms with Crippen molar-refractivity contribution in [2.45, 2.75) is 70.9 Å². The summed E-state index contributed by atoms with van der Waals surface area (Å²) in [4.78, 5) is 16.2. The number of hydrogen-bond donors (Lipinski definition) is 2. The van der Waals surface area contributed by atoms with Crippen LogP contribution in [0.15, 0.2) is 77.9 Å². The fourth-order valence-corrected chi connectivity index (χ4v) is 6.02.